The Hall–Kier alpha value is 0.157. The number of unbranched alkanes of at least 4 members (excludes halogenated alkanes) is 3. The van der Waals surface area contributed by atoms with Crippen LogP contribution in [0.2, 0.25) is 0 Å². The van der Waals surface area contributed by atoms with Crippen LogP contribution in [-0.2, 0) is 0 Å². The Balaban J connectivity index is 0. The van der Waals surface area contributed by atoms with E-state index in [1.807, 2.05) is 0 Å². The first-order chi connectivity index (χ1) is 3.41. The summed E-state index contributed by atoms with van der Waals surface area (Å²) in [6, 6.07) is 0. The van der Waals surface area contributed by atoms with Crippen LogP contribution in [0.1, 0.15) is 32.6 Å². The Kier molecular flexibility index (Phi) is 14.1. The van der Waals surface area contributed by atoms with E-state index in [9.17, 15) is 0 Å². The molecule has 0 aromatic rings. The van der Waals surface area contributed by atoms with E-state index < -0.39 is 0 Å². The van der Waals surface area contributed by atoms with Crippen LogP contribution in [0.3, 0.4) is 0 Å². The van der Waals surface area contributed by atoms with E-state index in [1.165, 1.54) is 12.8 Å². The van der Waals surface area contributed by atoms with Gasteiger partial charge in [0.25, 0.3) is 0 Å². The van der Waals surface area contributed by atoms with Gasteiger partial charge in [-0.15, -0.1) is 0 Å². The zero-order valence-electron chi connectivity index (χ0n) is 4.83. The van der Waals surface area contributed by atoms with Crippen molar-refractivity contribution < 1.29 is 0 Å². The zero-order valence-corrected chi connectivity index (χ0v) is 4.83. The van der Waals surface area contributed by atoms with Gasteiger partial charge >= 0.3 is 18.9 Å². The van der Waals surface area contributed by atoms with Gasteiger partial charge in [0.15, 0.2) is 0 Å². The topological polar surface area (TPSA) is 0 Å². The van der Waals surface area contributed by atoms with E-state index in [0.29, 0.717) is 0 Å². The van der Waals surface area contributed by atoms with Gasteiger partial charge < -0.3 is 0 Å². The fraction of sp³-hybridized carbons (Fsp3) is 0.714. The predicted molar refractivity (Wildman–Crippen MR) is 38.4 cm³/mol. The average molecular weight is 103 g/mol. The second-order valence-corrected chi connectivity index (χ2v) is 1.63. The van der Waals surface area contributed by atoms with Gasteiger partial charge in [0.1, 0.15) is 0 Å². The molecule has 0 aliphatic carbocycles. The summed E-state index contributed by atoms with van der Waals surface area (Å²) in [6.45, 7) is 2.16. The van der Waals surface area contributed by atoms with Crippen molar-refractivity contribution in [3.05, 3.63) is 6.42 Å². The molecule has 1 radical (unpaired) electrons. The number of hydrogen-bond donors (Lipinski definition) is 0. The maximum atomic E-state index is 6.53. The number of rotatable bonds is 3. The molecule has 8 heavy (non-hydrogen) atoms. The Bertz CT molecular complexity index is 61.3. The Morgan fingerprint density at radius 3 is 2.38 bits per heavy atom. The van der Waals surface area contributed by atoms with Crippen LogP contribution in [0.15, 0.2) is 0 Å². The minimum atomic E-state index is 0. The SMILES string of the molecule is [C]#CCCCCC.[LiH]. The summed E-state index contributed by atoms with van der Waals surface area (Å²) in [5, 5.41) is 0. The molecular formula is C7H12Li. The van der Waals surface area contributed by atoms with Crippen LogP contribution in [0.4, 0.5) is 0 Å². The summed E-state index contributed by atoms with van der Waals surface area (Å²) >= 11 is 0. The number of hydrogen-bond acceptors (Lipinski definition) is 0. The molecule has 0 saturated heterocycles. The first-order valence-electron chi connectivity index (χ1n) is 2.81. The molecule has 1 heteroatoms. The molecule has 0 fully saturated rings. The summed E-state index contributed by atoms with van der Waals surface area (Å²) in [5.74, 6) is 2.35. The molecule has 0 rings (SSSR count). The quantitative estimate of drug-likeness (QED) is 0.288. The molecule has 0 aromatic heterocycles. The van der Waals surface area contributed by atoms with Crippen molar-refractivity contribution >= 4 is 18.9 Å². The maximum absolute atomic E-state index is 6.53. The normalized spacial score (nSPS) is 7.00. The van der Waals surface area contributed by atoms with Gasteiger partial charge in [-0.3, -0.25) is 0 Å². The molecule has 0 saturated carbocycles. The standard InChI is InChI=1S/C7H11.Li.H/c1-3-5-7-6-4-2;;/h3,5-7H2,1H3;;. The molecule has 0 aromatic carbocycles. The first kappa shape index (κ1) is 11.0. The minimum absolute atomic E-state index is 0. The van der Waals surface area contributed by atoms with E-state index in [4.69, 9.17) is 6.42 Å². The predicted octanol–water partition coefficient (Wildman–Crippen LogP) is 1.51. The molecule has 0 aliphatic rings. The molecular weight excluding hydrogens is 91.0 g/mol. The summed E-state index contributed by atoms with van der Waals surface area (Å²) in [6.07, 6.45) is 11.0. The van der Waals surface area contributed by atoms with Crippen LogP contribution in [-0.4, -0.2) is 18.9 Å². The van der Waals surface area contributed by atoms with E-state index >= 15 is 0 Å². The summed E-state index contributed by atoms with van der Waals surface area (Å²) in [7, 11) is 0. The van der Waals surface area contributed by atoms with Gasteiger partial charge in [-0.1, -0.05) is 25.7 Å². The third-order valence-corrected chi connectivity index (χ3v) is 0.905. The average Bonchev–Trinajstić information content (AvgIpc) is 1.69. The van der Waals surface area contributed by atoms with Crippen LogP contribution < -0.4 is 0 Å². The molecule has 0 unspecified atom stereocenters. The third-order valence-electron chi connectivity index (χ3n) is 0.905. The second-order valence-electron chi connectivity index (χ2n) is 1.63. The van der Waals surface area contributed by atoms with Gasteiger partial charge in [-0.2, -0.15) is 0 Å². The van der Waals surface area contributed by atoms with Crippen molar-refractivity contribution in [2.24, 2.45) is 0 Å². The molecule has 0 aliphatic heterocycles. The molecule has 0 atom stereocenters. The van der Waals surface area contributed by atoms with Gasteiger partial charge in [-0.25, -0.2) is 0 Å². The third kappa shape index (κ3) is 9.48. The molecule has 0 heterocycles. The van der Waals surface area contributed by atoms with Gasteiger partial charge in [0.2, 0.25) is 0 Å². The van der Waals surface area contributed by atoms with Crippen molar-refractivity contribution in [2.75, 3.05) is 0 Å². The first-order valence-corrected chi connectivity index (χ1v) is 2.81. The fourth-order valence-corrected chi connectivity index (χ4v) is 0.463. The van der Waals surface area contributed by atoms with E-state index in [0.717, 1.165) is 12.8 Å². The summed E-state index contributed by atoms with van der Waals surface area (Å²) in [5.41, 5.74) is 0. The fourth-order valence-electron chi connectivity index (χ4n) is 0.463. The van der Waals surface area contributed by atoms with Crippen molar-refractivity contribution in [3.8, 4) is 5.92 Å². The van der Waals surface area contributed by atoms with Gasteiger partial charge in [0, 0.05) is 6.42 Å². The Morgan fingerprint density at radius 2 is 2.00 bits per heavy atom. The van der Waals surface area contributed by atoms with Crippen LogP contribution in [0.25, 0.3) is 0 Å². The van der Waals surface area contributed by atoms with Crippen molar-refractivity contribution in [3.63, 3.8) is 0 Å². The molecule has 0 spiro atoms. The van der Waals surface area contributed by atoms with Crippen molar-refractivity contribution in [1.82, 2.24) is 0 Å². The van der Waals surface area contributed by atoms with Gasteiger partial charge in [0.05, 0.1) is 0 Å². The Morgan fingerprint density at radius 1 is 1.38 bits per heavy atom. The van der Waals surface area contributed by atoms with Gasteiger partial charge in [-0.05, 0) is 12.8 Å². The van der Waals surface area contributed by atoms with Crippen molar-refractivity contribution in [1.29, 1.82) is 0 Å². The molecule has 41 valence electrons. The summed E-state index contributed by atoms with van der Waals surface area (Å²) < 4.78 is 0. The monoisotopic (exact) mass is 103 g/mol. The van der Waals surface area contributed by atoms with Crippen LogP contribution in [0, 0.1) is 12.3 Å². The molecule has 0 amide bonds. The molecule has 0 nitrogen and oxygen atoms in total. The van der Waals surface area contributed by atoms with Crippen LogP contribution in [0.5, 0.6) is 0 Å². The van der Waals surface area contributed by atoms with E-state index in [-0.39, 0.29) is 18.9 Å². The zero-order chi connectivity index (χ0) is 5.54. The molecule has 0 N–H and O–H groups in total. The summed E-state index contributed by atoms with van der Waals surface area (Å²) in [4.78, 5) is 0. The second kappa shape index (κ2) is 10.2. The van der Waals surface area contributed by atoms with E-state index in [1.54, 1.807) is 0 Å². The Labute approximate surface area is 64.2 Å². The van der Waals surface area contributed by atoms with Crippen LogP contribution >= 0.6 is 0 Å². The molecule has 0 bridgehead atoms. The van der Waals surface area contributed by atoms with Crippen molar-refractivity contribution in [2.45, 2.75) is 32.6 Å². The van der Waals surface area contributed by atoms with E-state index in [2.05, 4.69) is 12.8 Å².